The Labute approximate surface area is 87.6 Å². The molecule has 6 nitrogen and oxygen atoms in total. The minimum atomic E-state index is -0.0781. The fourth-order valence-corrected chi connectivity index (χ4v) is 1.78. The number of nitrogens with zero attached hydrogens (tertiary/aromatic N) is 3. The van der Waals surface area contributed by atoms with Crippen LogP contribution in [0.25, 0.3) is 0 Å². The van der Waals surface area contributed by atoms with Crippen molar-refractivity contribution in [3.8, 4) is 0 Å². The van der Waals surface area contributed by atoms with Crippen LogP contribution in [0.5, 0.6) is 0 Å². The molecule has 2 rings (SSSR count). The molecule has 0 aromatic carbocycles. The molecule has 0 bridgehead atoms. The molecule has 82 valence electrons. The molecule has 0 saturated heterocycles. The SMILES string of the molecule is COCC(=O)N1CCCn2ncc(N)c21. The second-order valence-corrected chi connectivity index (χ2v) is 3.48. The third-order valence-electron chi connectivity index (χ3n) is 2.42. The lowest BCUT2D eigenvalue weighted by Gasteiger charge is -2.27. The summed E-state index contributed by atoms with van der Waals surface area (Å²) in [5.74, 6) is 0.619. The van der Waals surface area contributed by atoms with Crippen molar-refractivity contribution in [2.45, 2.75) is 13.0 Å². The molecule has 1 amide bonds. The number of ether oxygens (including phenoxy) is 1. The number of hydrogen-bond acceptors (Lipinski definition) is 4. The first kappa shape index (κ1) is 9.97. The van der Waals surface area contributed by atoms with E-state index in [1.54, 1.807) is 15.8 Å². The number of carbonyl (C=O) groups excluding carboxylic acids is 1. The normalized spacial score (nSPS) is 15.1. The largest absolute Gasteiger partial charge is 0.394 e. The second kappa shape index (κ2) is 3.90. The molecule has 0 aliphatic carbocycles. The first-order valence-corrected chi connectivity index (χ1v) is 4.84. The molecule has 15 heavy (non-hydrogen) atoms. The van der Waals surface area contributed by atoms with Gasteiger partial charge in [-0.05, 0) is 6.42 Å². The second-order valence-electron chi connectivity index (χ2n) is 3.48. The van der Waals surface area contributed by atoms with Crippen molar-refractivity contribution in [3.63, 3.8) is 0 Å². The summed E-state index contributed by atoms with van der Waals surface area (Å²) in [4.78, 5) is 13.3. The van der Waals surface area contributed by atoms with Crippen LogP contribution in [-0.4, -0.2) is 35.9 Å². The number of methoxy groups -OCH3 is 1. The molecule has 1 aromatic rings. The van der Waals surface area contributed by atoms with E-state index in [1.165, 1.54) is 7.11 Å². The highest BCUT2D eigenvalue weighted by atomic mass is 16.5. The van der Waals surface area contributed by atoms with E-state index in [-0.39, 0.29) is 12.5 Å². The number of amides is 1. The molecule has 0 radical (unpaired) electrons. The van der Waals surface area contributed by atoms with E-state index in [2.05, 4.69) is 5.10 Å². The Hall–Kier alpha value is -1.56. The van der Waals surface area contributed by atoms with Crippen molar-refractivity contribution in [2.24, 2.45) is 0 Å². The summed E-state index contributed by atoms with van der Waals surface area (Å²) in [5, 5.41) is 4.11. The average molecular weight is 210 g/mol. The predicted octanol–water partition coefficient (Wildman–Crippen LogP) is -0.152. The van der Waals surface area contributed by atoms with Crippen molar-refractivity contribution < 1.29 is 9.53 Å². The summed E-state index contributed by atoms with van der Waals surface area (Å²) in [6, 6.07) is 0. The smallest absolute Gasteiger partial charge is 0.254 e. The summed E-state index contributed by atoms with van der Waals surface area (Å²) in [6.45, 7) is 1.56. The summed E-state index contributed by atoms with van der Waals surface area (Å²) >= 11 is 0. The Morgan fingerprint density at radius 1 is 1.67 bits per heavy atom. The van der Waals surface area contributed by atoms with Crippen molar-refractivity contribution in [1.82, 2.24) is 9.78 Å². The highest BCUT2D eigenvalue weighted by molar-refractivity contribution is 5.96. The lowest BCUT2D eigenvalue weighted by molar-refractivity contribution is -0.122. The number of aromatic nitrogens is 2. The molecule has 2 heterocycles. The molecular weight excluding hydrogens is 196 g/mol. The third kappa shape index (κ3) is 1.68. The molecule has 1 aliphatic heterocycles. The van der Waals surface area contributed by atoms with Crippen molar-refractivity contribution in [1.29, 1.82) is 0 Å². The number of rotatable bonds is 2. The maximum absolute atomic E-state index is 11.7. The van der Waals surface area contributed by atoms with Crippen LogP contribution in [0.3, 0.4) is 0 Å². The summed E-state index contributed by atoms with van der Waals surface area (Å²) in [7, 11) is 1.50. The maximum atomic E-state index is 11.7. The molecule has 0 atom stereocenters. The van der Waals surface area contributed by atoms with E-state index in [4.69, 9.17) is 10.5 Å². The zero-order valence-electron chi connectivity index (χ0n) is 8.64. The van der Waals surface area contributed by atoms with E-state index in [1.807, 2.05) is 0 Å². The van der Waals surface area contributed by atoms with Gasteiger partial charge in [0.05, 0.1) is 11.9 Å². The maximum Gasteiger partial charge on any atom is 0.254 e. The minimum absolute atomic E-state index is 0.0740. The Morgan fingerprint density at radius 2 is 2.47 bits per heavy atom. The van der Waals surface area contributed by atoms with Gasteiger partial charge in [-0.2, -0.15) is 5.10 Å². The van der Waals surface area contributed by atoms with Crippen molar-refractivity contribution in [2.75, 3.05) is 30.9 Å². The van der Waals surface area contributed by atoms with Gasteiger partial charge in [0.1, 0.15) is 6.61 Å². The van der Waals surface area contributed by atoms with E-state index in [9.17, 15) is 4.79 Å². The van der Waals surface area contributed by atoms with Gasteiger partial charge in [0.25, 0.3) is 5.91 Å². The Morgan fingerprint density at radius 3 is 3.20 bits per heavy atom. The summed E-state index contributed by atoms with van der Waals surface area (Å²) in [6.07, 6.45) is 2.47. The standard InChI is InChI=1S/C9H14N4O2/c1-15-6-8(14)12-3-2-4-13-9(12)7(10)5-11-13/h5H,2-4,6,10H2,1H3. The highest BCUT2D eigenvalue weighted by Gasteiger charge is 2.25. The monoisotopic (exact) mass is 210 g/mol. The Bertz CT molecular complexity index is 374. The molecule has 2 N–H and O–H groups in total. The van der Waals surface area contributed by atoms with Gasteiger partial charge in [-0.25, -0.2) is 4.68 Å². The van der Waals surface area contributed by atoms with Crippen LogP contribution >= 0.6 is 0 Å². The minimum Gasteiger partial charge on any atom is -0.394 e. The molecule has 0 spiro atoms. The Balaban J connectivity index is 2.28. The van der Waals surface area contributed by atoms with Gasteiger partial charge in [0.2, 0.25) is 0 Å². The number of aryl methyl sites for hydroxylation is 1. The summed E-state index contributed by atoms with van der Waals surface area (Å²) < 4.78 is 6.58. The number of nitrogens with two attached hydrogens (primary N) is 1. The number of anilines is 2. The van der Waals surface area contributed by atoms with Crippen LogP contribution in [0.15, 0.2) is 6.20 Å². The predicted molar refractivity (Wildman–Crippen MR) is 55.5 cm³/mol. The number of nitrogen functional groups attached to an aromatic ring is 1. The molecule has 0 saturated carbocycles. The van der Waals surface area contributed by atoms with E-state index in [0.29, 0.717) is 18.1 Å². The van der Waals surface area contributed by atoms with Crippen LogP contribution < -0.4 is 10.6 Å². The van der Waals surface area contributed by atoms with E-state index >= 15 is 0 Å². The topological polar surface area (TPSA) is 73.4 Å². The number of hydrogen-bond donors (Lipinski definition) is 1. The van der Waals surface area contributed by atoms with Crippen LogP contribution in [0, 0.1) is 0 Å². The molecular formula is C9H14N4O2. The van der Waals surface area contributed by atoms with Gasteiger partial charge < -0.3 is 10.5 Å². The van der Waals surface area contributed by atoms with E-state index < -0.39 is 0 Å². The zero-order valence-corrected chi connectivity index (χ0v) is 8.64. The zero-order chi connectivity index (χ0) is 10.8. The van der Waals surface area contributed by atoms with Crippen LogP contribution in [0.2, 0.25) is 0 Å². The fourth-order valence-electron chi connectivity index (χ4n) is 1.78. The van der Waals surface area contributed by atoms with Crippen LogP contribution in [-0.2, 0) is 16.1 Å². The van der Waals surface area contributed by atoms with Gasteiger partial charge in [-0.15, -0.1) is 0 Å². The van der Waals surface area contributed by atoms with Crippen LogP contribution in [0.1, 0.15) is 6.42 Å². The van der Waals surface area contributed by atoms with Gasteiger partial charge in [-0.3, -0.25) is 9.69 Å². The average Bonchev–Trinajstić information content (AvgIpc) is 2.61. The van der Waals surface area contributed by atoms with Gasteiger partial charge in [-0.1, -0.05) is 0 Å². The molecule has 1 aliphatic rings. The van der Waals surface area contributed by atoms with E-state index in [0.717, 1.165) is 13.0 Å². The fraction of sp³-hybridized carbons (Fsp3) is 0.556. The Kier molecular flexibility index (Phi) is 2.59. The third-order valence-corrected chi connectivity index (χ3v) is 2.42. The quantitative estimate of drug-likeness (QED) is 0.736. The van der Waals surface area contributed by atoms with Gasteiger partial charge >= 0.3 is 0 Å². The van der Waals surface area contributed by atoms with Gasteiger partial charge in [0, 0.05) is 20.2 Å². The van der Waals surface area contributed by atoms with Crippen LogP contribution in [0.4, 0.5) is 11.5 Å². The number of carbonyl (C=O) groups is 1. The lowest BCUT2D eigenvalue weighted by Crippen LogP contribution is -2.39. The van der Waals surface area contributed by atoms with Crippen molar-refractivity contribution in [3.05, 3.63) is 6.20 Å². The molecule has 0 unspecified atom stereocenters. The van der Waals surface area contributed by atoms with Gasteiger partial charge in [0.15, 0.2) is 5.82 Å². The number of fused-ring (bicyclic) bond motifs is 1. The lowest BCUT2D eigenvalue weighted by atomic mass is 10.3. The molecule has 1 aromatic heterocycles. The molecule has 0 fully saturated rings. The highest BCUT2D eigenvalue weighted by Crippen LogP contribution is 2.26. The van der Waals surface area contributed by atoms with Crippen molar-refractivity contribution >= 4 is 17.4 Å². The first-order valence-electron chi connectivity index (χ1n) is 4.84. The molecule has 6 heteroatoms. The first-order chi connectivity index (χ1) is 7.24. The summed E-state index contributed by atoms with van der Waals surface area (Å²) in [5.41, 5.74) is 6.31.